The maximum absolute atomic E-state index is 12.6. The highest BCUT2D eigenvalue weighted by Crippen LogP contribution is 2.32. The number of carbonyl (C=O) groups is 3. The van der Waals surface area contributed by atoms with Gasteiger partial charge in [-0.1, -0.05) is 24.3 Å². The second-order valence-corrected chi connectivity index (χ2v) is 8.76. The molecule has 3 amide bonds. The number of para-hydroxylation sites is 2. The van der Waals surface area contributed by atoms with Crippen molar-refractivity contribution in [2.45, 2.75) is 13.0 Å². The van der Waals surface area contributed by atoms with Crippen LogP contribution in [0.2, 0.25) is 0 Å². The molecule has 4 aromatic carbocycles. The lowest BCUT2D eigenvalue weighted by Crippen LogP contribution is -2.36. The summed E-state index contributed by atoms with van der Waals surface area (Å²) >= 11 is 0. The molecular weight excluding hydrogens is 484 g/mol. The average Bonchev–Trinajstić information content (AvgIpc) is 2.90. The third-order valence-electron chi connectivity index (χ3n) is 6.05. The number of nitrogens with one attached hydrogen (secondary N) is 2. The number of carbonyl (C=O) groups excluding carboxylic acids is 3. The monoisotopic (exact) mass is 508 g/mol. The van der Waals surface area contributed by atoms with Crippen molar-refractivity contribution < 1.29 is 24.2 Å². The van der Waals surface area contributed by atoms with E-state index >= 15 is 0 Å². The largest absolute Gasteiger partial charge is 0.508 e. The molecule has 0 bridgehead atoms. The standard InChI is InChI=1S/C29H24N4O5/c30-24-3-1-2-4-25(24)32-28(36)19-7-10-21(11-8-19)31-27(35)15-18-5-12-22(13-6-18)33-17-20-9-14-23(34)16-26(20)38-29(33)37/h1-14,16,34H,15,17,30H2,(H,31,35)(H,32,36). The Morgan fingerprint density at radius 3 is 2.39 bits per heavy atom. The summed E-state index contributed by atoms with van der Waals surface area (Å²) in [6.45, 7) is 0.307. The molecular formula is C29H24N4O5. The minimum Gasteiger partial charge on any atom is -0.508 e. The quantitative estimate of drug-likeness (QED) is 0.273. The third kappa shape index (κ3) is 5.41. The van der Waals surface area contributed by atoms with E-state index in [-0.39, 0.29) is 24.0 Å². The highest BCUT2D eigenvalue weighted by atomic mass is 16.6. The summed E-state index contributed by atoms with van der Waals surface area (Å²) in [7, 11) is 0. The zero-order valence-electron chi connectivity index (χ0n) is 20.2. The number of amides is 3. The van der Waals surface area contributed by atoms with Gasteiger partial charge in [-0.15, -0.1) is 0 Å². The summed E-state index contributed by atoms with van der Waals surface area (Å²) in [5.74, 6) is -0.157. The zero-order valence-corrected chi connectivity index (χ0v) is 20.2. The maximum Gasteiger partial charge on any atom is 0.420 e. The predicted octanol–water partition coefficient (Wildman–Crippen LogP) is 4.93. The molecule has 1 aliphatic heterocycles. The van der Waals surface area contributed by atoms with Gasteiger partial charge < -0.3 is 26.2 Å². The second kappa shape index (κ2) is 10.4. The molecule has 0 aromatic heterocycles. The number of phenolic OH excluding ortho intramolecular Hbond substituents is 1. The van der Waals surface area contributed by atoms with Crippen LogP contribution in [-0.2, 0) is 17.8 Å². The Kier molecular flexibility index (Phi) is 6.65. The van der Waals surface area contributed by atoms with Crippen LogP contribution in [0, 0.1) is 0 Å². The van der Waals surface area contributed by atoms with Crippen molar-refractivity contribution in [2.75, 3.05) is 21.3 Å². The lowest BCUT2D eigenvalue weighted by atomic mass is 10.1. The van der Waals surface area contributed by atoms with Gasteiger partial charge in [0, 0.05) is 28.6 Å². The first kappa shape index (κ1) is 24.4. The zero-order chi connectivity index (χ0) is 26.6. The lowest BCUT2D eigenvalue weighted by Gasteiger charge is -2.28. The molecule has 9 nitrogen and oxygen atoms in total. The van der Waals surface area contributed by atoms with Crippen molar-refractivity contribution in [1.82, 2.24) is 0 Å². The highest BCUT2D eigenvalue weighted by molar-refractivity contribution is 6.06. The number of nitrogen functional groups attached to an aromatic ring is 1. The Balaban J connectivity index is 1.17. The van der Waals surface area contributed by atoms with E-state index in [1.165, 1.54) is 11.0 Å². The van der Waals surface area contributed by atoms with E-state index in [2.05, 4.69) is 10.6 Å². The van der Waals surface area contributed by atoms with Crippen LogP contribution in [0.3, 0.4) is 0 Å². The Bertz CT molecular complexity index is 1520. The van der Waals surface area contributed by atoms with Gasteiger partial charge in [0.15, 0.2) is 0 Å². The first-order chi connectivity index (χ1) is 18.4. The van der Waals surface area contributed by atoms with E-state index in [0.29, 0.717) is 40.6 Å². The molecule has 4 aromatic rings. The van der Waals surface area contributed by atoms with Gasteiger partial charge in [0.1, 0.15) is 11.5 Å². The number of benzene rings is 4. The third-order valence-corrected chi connectivity index (χ3v) is 6.05. The fourth-order valence-electron chi connectivity index (χ4n) is 4.04. The SMILES string of the molecule is Nc1ccccc1NC(=O)c1ccc(NC(=O)Cc2ccc(N3Cc4ccc(O)cc4OC3=O)cc2)cc1. The molecule has 0 saturated heterocycles. The number of hydrogen-bond donors (Lipinski definition) is 4. The molecule has 5 rings (SSSR count). The number of aromatic hydroxyl groups is 1. The number of hydrogen-bond acceptors (Lipinski definition) is 6. The van der Waals surface area contributed by atoms with Crippen LogP contribution < -0.4 is 26.0 Å². The topological polar surface area (TPSA) is 134 Å². The normalized spacial score (nSPS) is 12.3. The summed E-state index contributed by atoms with van der Waals surface area (Å²) in [4.78, 5) is 39.0. The molecule has 0 radical (unpaired) electrons. The van der Waals surface area contributed by atoms with Crippen LogP contribution in [0.25, 0.3) is 0 Å². The van der Waals surface area contributed by atoms with Crippen molar-refractivity contribution in [3.8, 4) is 11.5 Å². The van der Waals surface area contributed by atoms with Crippen molar-refractivity contribution in [3.05, 3.63) is 108 Å². The van der Waals surface area contributed by atoms with E-state index < -0.39 is 6.09 Å². The van der Waals surface area contributed by atoms with Crippen LogP contribution >= 0.6 is 0 Å². The number of anilines is 4. The van der Waals surface area contributed by atoms with Crippen LogP contribution in [0.4, 0.5) is 27.5 Å². The number of fused-ring (bicyclic) bond motifs is 1. The Morgan fingerprint density at radius 2 is 1.66 bits per heavy atom. The molecule has 0 unspecified atom stereocenters. The predicted molar refractivity (Wildman–Crippen MR) is 144 cm³/mol. The minimum atomic E-state index is -0.544. The summed E-state index contributed by atoms with van der Waals surface area (Å²) in [6.07, 6.45) is -0.416. The summed E-state index contributed by atoms with van der Waals surface area (Å²) < 4.78 is 5.33. The molecule has 0 fully saturated rings. The van der Waals surface area contributed by atoms with Crippen molar-refractivity contribution in [2.24, 2.45) is 0 Å². The van der Waals surface area contributed by atoms with Gasteiger partial charge in [-0.05, 0) is 66.2 Å². The number of rotatable bonds is 6. The molecule has 0 aliphatic carbocycles. The number of nitrogens with zero attached hydrogens (tertiary/aromatic N) is 1. The number of ether oxygens (including phenoxy) is 1. The summed E-state index contributed by atoms with van der Waals surface area (Å²) in [6, 6.07) is 25.3. The van der Waals surface area contributed by atoms with Gasteiger partial charge in [-0.3, -0.25) is 14.5 Å². The van der Waals surface area contributed by atoms with Crippen LogP contribution in [-0.4, -0.2) is 23.0 Å². The van der Waals surface area contributed by atoms with Crippen molar-refractivity contribution >= 4 is 40.7 Å². The molecule has 5 N–H and O–H groups in total. The van der Waals surface area contributed by atoms with E-state index in [1.54, 1.807) is 84.9 Å². The van der Waals surface area contributed by atoms with Gasteiger partial charge in [0.25, 0.3) is 5.91 Å². The van der Waals surface area contributed by atoms with Crippen LogP contribution in [0.15, 0.2) is 91.0 Å². The molecule has 0 saturated carbocycles. The maximum atomic E-state index is 12.6. The van der Waals surface area contributed by atoms with Gasteiger partial charge in [0.2, 0.25) is 5.91 Å². The molecule has 190 valence electrons. The lowest BCUT2D eigenvalue weighted by molar-refractivity contribution is -0.115. The van der Waals surface area contributed by atoms with Crippen molar-refractivity contribution in [3.63, 3.8) is 0 Å². The Labute approximate surface area is 218 Å². The average molecular weight is 509 g/mol. The number of nitrogens with two attached hydrogens (primary N) is 1. The van der Waals surface area contributed by atoms with Crippen LogP contribution in [0.5, 0.6) is 11.5 Å². The van der Waals surface area contributed by atoms with Gasteiger partial charge >= 0.3 is 6.09 Å². The molecule has 1 aliphatic rings. The summed E-state index contributed by atoms with van der Waals surface area (Å²) in [5.41, 5.74) is 10.0. The molecule has 0 atom stereocenters. The van der Waals surface area contributed by atoms with E-state index in [9.17, 15) is 19.5 Å². The van der Waals surface area contributed by atoms with Gasteiger partial charge in [-0.2, -0.15) is 0 Å². The molecule has 38 heavy (non-hydrogen) atoms. The Hall–Kier alpha value is -5.31. The molecule has 0 spiro atoms. The minimum absolute atomic E-state index is 0.0303. The molecule has 9 heteroatoms. The smallest absolute Gasteiger partial charge is 0.420 e. The van der Waals surface area contributed by atoms with E-state index in [0.717, 1.165) is 11.1 Å². The Morgan fingerprint density at radius 1 is 0.921 bits per heavy atom. The van der Waals surface area contributed by atoms with E-state index in [4.69, 9.17) is 10.5 Å². The second-order valence-electron chi connectivity index (χ2n) is 8.76. The van der Waals surface area contributed by atoms with Gasteiger partial charge in [-0.25, -0.2) is 4.79 Å². The first-order valence-corrected chi connectivity index (χ1v) is 11.8. The van der Waals surface area contributed by atoms with Crippen molar-refractivity contribution in [1.29, 1.82) is 0 Å². The fourth-order valence-corrected chi connectivity index (χ4v) is 4.04. The van der Waals surface area contributed by atoms with Crippen LogP contribution in [0.1, 0.15) is 21.5 Å². The fraction of sp³-hybridized carbons (Fsp3) is 0.0690. The first-order valence-electron chi connectivity index (χ1n) is 11.8. The highest BCUT2D eigenvalue weighted by Gasteiger charge is 2.26. The van der Waals surface area contributed by atoms with E-state index in [1.807, 2.05) is 0 Å². The summed E-state index contributed by atoms with van der Waals surface area (Å²) in [5, 5.41) is 15.2. The molecule has 1 heterocycles. The number of phenols is 1. The van der Waals surface area contributed by atoms with Gasteiger partial charge in [0.05, 0.1) is 24.3 Å².